The van der Waals surface area contributed by atoms with Crippen LogP contribution in [-0.4, -0.2) is 65.9 Å². The van der Waals surface area contributed by atoms with Gasteiger partial charge in [-0.05, 0) is 53.6 Å². The van der Waals surface area contributed by atoms with Crippen LogP contribution in [0.1, 0.15) is 43.5 Å². The lowest BCUT2D eigenvalue weighted by atomic mass is 9.95. The van der Waals surface area contributed by atoms with Crippen molar-refractivity contribution >= 4 is 34.9 Å². The number of ketones is 1. The number of hydrogen-bond acceptors (Lipinski definition) is 8. The zero-order valence-electron chi connectivity index (χ0n) is 20.6. The van der Waals surface area contributed by atoms with Gasteiger partial charge in [0.2, 0.25) is 0 Å². The highest BCUT2D eigenvalue weighted by molar-refractivity contribution is 6.32. The lowest BCUT2D eigenvalue weighted by Crippen LogP contribution is -2.48. The molecule has 1 amide bonds. The maximum atomic E-state index is 13.7. The number of halogens is 5. The van der Waals surface area contributed by atoms with Crippen LogP contribution in [0.2, 0.25) is 10.0 Å². The highest BCUT2D eigenvalue weighted by atomic mass is 35.5. The van der Waals surface area contributed by atoms with E-state index in [1.165, 1.54) is 23.0 Å². The molecule has 1 aliphatic rings. The largest absolute Gasteiger partial charge is 0.455 e. The molecule has 208 valence electrons. The third-order valence-electron chi connectivity index (χ3n) is 5.99. The van der Waals surface area contributed by atoms with Crippen LogP contribution >= 0.6 is 23.2 Å². The summed E-state index contributed by atoms with van der Waals surface area (Å²) >= 11 is 12.5. The predicted octanol–water partition coefficient (Wildman–Crippen LogP) is 3.49. The highest BCUT2D eigenvalue weighted by Gasteiger charge is 2.37. The number of Topliss-reactive ketones (excluding diaryl/α,β-unsaturated/α-hetero) is 1. The number of alkyl halides is 3. The van der Waals surface area contributed by atoms with E-state index < -0.39 is 23.7 Å². The van der Waals surface area contributed by atoms with E-state index in [0.29, 0.717) is 34.2 Å². The number of pyridine rings is 1. The minimum absolute atomic E-state index is 0.0276. The molecule has 40 heavy (non-hydrogen) atoms. The number of tetrazole rings is 1. The Morgan fingerprint density at radius 1 is 1.18 bits per heavy atom. The van der Waals surface area contributed by atoms with Gasteiger partial charge in [-0.25, -0.2) is 9.67 Å². The topological polar surface area (TPSA) is 130 Å². The SMILES string of the molecule is Cc1cc(Cl)cc(C(=O)NC2COC2)c1CC(=O)c1cc(Cn2nnc(C(F)(F)F)n2)nn1-c1ncccc1Cl. The standard InChI is InChI=1S/C24H19Cl2F3N8O3/c1-12-5-13(25)6-17(22(39)31-15-10-40-11-15)16(12)8-20(38)19-7-14(9-36-34-23(32-35-36)24(27,28)29)33-37(19)21-18(26)3-2-4-30-21/h2-7,15H,8-11H2,1H3,(H,31,39). The lowest BCUT2D eigenvalue weighted by Gasteiger charge is -2.27. The molecule has 1 fully saturated rings. The molecule has 1 saturated heterocycles. The second kappa shape index (κ2) is 10.9. The first-order valence-electron chi connectivity index (χ1n) is 11.7. The molecular weight excluding hydrogens is 576 g/mol. The minimum atomic E-state index is -4.77. The van der Waals surface area contributed by atoms with E-state index in [1.807, 2.05) is 0 Å². The van der Waals surface area contributed by atoms with E-state index in [-0.39, 0.29) is 46.8 Å². The van der Waals surface area contributed by atoms with Crippen molar-refractivity contribution in [3.8, 4) is 5.82 Å². The molecule has 0 bridgehead atoms. The van der Waals surface area contributed by atoms with Crippen LogP contribution in [0, 0.1) is 6.92 Å². The molecule has 4 heterocycles. The number of benzene rings is 1. The van der Waals surface area contributed by atoms with E-state index in [4.69, 9.17) is 27.9 Å². The lowest BCUT2D eigenvalue weighted by molar-refractivity contribution is -0.145. The first-order valence-corrected chi connectivity index (χ1v) is 12.5. The molecule has 5 rings (SSSR count). The molecule has 0 aliphatic carbocycles. The van der Waals surface area contributed by atoms with Gasteiger partial charge in [0.1, 0.15) is 12.2 Å². The van der Waals surface area contributed by atoms with Crippen molar-refractivity contribution in [1.29, 1.82) is 0 Å². The van der Waals surface area contributed by atoms with Crippen molar-refractivity contribution in [2.75, 3.05) is 13.2 Å². The summed E-state index contributed by atoms with van der Waals surface area (Å²) in [6.07, 6.45) is -3.55. The number of nitrogens with one attached hydrogen (secondary N) is 1. The highest BCUT2D eigenvalue weighted by Crippen LogP contribution is 2.27. The van der Waals surface area contributed by atoms with Crippen molar-refractivity contribution in [2.45, 2.75) is 32.1 Å². The fourth-order valence-electron chi connectivity index (χ4n) is 4.01. The van der Waals surface area contributed by atoms with Crippen LogP contribution in [0.3, 0.4) is 0 Å². The van der Waals surface area contributed by atoms with Gasteiger partial charge in [-0.1, -0.05) is 23.2 Å². The minimum Gasteiger partial charge on any atom is -0.377 e. The number of ether oxygens (including phenoxy) is 1. The molecule has 3 aromatic heterocycles. The molecule has 1 N–H and O–H groups in total. The fourth-order valence-corrected chi connectivity index (χ4v) is 4.49. The first-order chi connectivity index (χ1) is 19.0. The average molecular weight is 595 g/mol. The van der Waals surface area contributed by atoms with Crippen LogP contribution in [-0.2, 0) is 23.9 Å². The quantitative estimate of drug-likeness (QED) is 0.307. The smallest absolute Gasteiger partial charge is 0.377 e. The number of rotatable bonds is 8. The van der Waals surface area contributed by atoms with Crippen LogP contribution in [0.5, 0.6) is 0 Å². The summed E-state index contributed by atoms with van der Waals surface area (Å²) in [6.45, 7) is 2.18. The number of aryl methyl sites for hydroxylation is 1. The van der Waals surface area contributed by atoms with E-state index in [0.717, 1.165) is 0 Å². The maximum Gasteiger partial charge on any atom is 0.455 e. The van der Waals surface area contributed by atoms with Crippen molar-refractivity contribution in [2.24, 2.45) is 0 Å². The van der Waals surface area contributed by atoms with Crippen LogP contribution in [0.25, 0.3) is 5.82 Å². The fraction of sp³-hybridized carbons (Fsp3) is 0.292. The Balaban J connectivity index is 1.50. The third kappa shape index (κ3) is 5.83. The van der Waals surface area contributed by atoms with Gasteiger partial charge in [-0.15, -0.1) is 10.2 Å². The van der Waals surface area contributed by atoms with Crippen LogP contribution in [0.15, 0.2) is 36.5 Å². The Bertz CT molecular complexity index is 1600. The Morgan fingerprint density at radius 3 is 2.60 bits per heavy atom. The number of nitrogens with zero attached hydrogens (tertiary/aromatic N) is 7. The Morgan fingerprint density at radius 2 is 1.95 bits per heavy atom. The molecule has 0 atom stereocenters. The third-order valence-corrected chi connectivity index (χ3v) is 6.50. The van der Waals surface area contributed by atoms with Gasteiger partial charge in [-0.2, -0.15) is 23.1 Å². The monoisotopic (exact) mass is 594 g/mol. The van der Waals surface area contributed by atoms with E-state index in [1.54, 1.807) is 25.1 Å². The first kappa shape index (κ1) is 27.7. The van der Waals surface area contributed by atoms with Gasteiger partial charge in [0.15, 0.2) is 11.6 Å². The van der Waals surface area contributed by atoms with Crippen molar-refractivity contribution < 1.29 is 27.5 Å². The number of hydrogen-bond donors (Lipinski definition) is 1. The molecule has 0 radical (unpaired) electrons. The summed E-state index contributed by atoms with van der Waals surface area (Å²) in [6, 6.07) is 7.49. The molecule has 11 nitrogen and oxygen atoms in total. The molecular formula is C24H19Cl2F3N8O3. The second-order valence-electron chi connectivity index (χ2n) is 8.94. The number of aromatic nitrogens is 7. The normalized spacial score (nSPS) is 13.8. The van der Waals surface area contributed by atoms with E-state index in [2.05, 4.69) is 30.8 Å². The molecule has 0 saturated carbocycles. The summed E-state index contributed by atoms with van der Waals surface area (Å²) in [5.74, 6) is -2.15. The van der Waals surface area contributed by atoms with Crippen LogP contribution in [0.4, 0.5) is 13.2 Å². The van der Waals surface area contributed by atoms with E-state index >= 15 is 0 Å². The van der Waals surface area contributed by atoms with Gasteiger partial charge in [0.25, 0.3) is 11.7 Å². The average Bonchev–Trinajstić information content (AvgIpc) is 3.51. The molecule has 1 aliphatic heterocycles. The van der Waals surface area contributed by atoms with Gasteiger partial charge < -0.3 is 10.1 Å². The van der Waals surface area contributed by atoms with Gasteiger partial charge in [0.05, 0.1) is 30.0 Å². The van der Waals surface area contributed by atoms with Crippen molar-refractivity contribution in [3.05, 3.63) is 80.5 Å². The summed E-state index contributed by atoms with van der Waals surface area (Å²) < 4.78 is 45.1. The second-order valence-corrected chi connectivity index (χ2v) is 9.78. The molecule has 0 spiro atoms. The number of amides is 1. The maximum absolute atomic E-state index is 13.7. The Labute approximate surface area is 234 Å². The molecule has 4 aromatic rings. The Kier molecular flexibility index (Phi) is 7.57. The summed E-state index contributed by atoms with van der Waals surface area (Å²) in [5, 5.41) is 17.5. The number of carbonyl (C=O) groups excluding carboxylic acids is 2. The van der Waals surface area contributed by atoms with E-state index in [9.17, 15) is 22.8 Å². The van der Waals surface area contributed by atoms with Crippen LogP contribution < -0.4 is 5.32 Å². The Hall–Kier alpha value is -3.88. The van der Waals surface area contributed by atoms with Gasteiger partial charge in [-0.3, -0.25) is 9.59 Å². The summed E-state index contributed by atoms with van der Waals surface area (Å²) in [7, 11) is 0. The zero-order chi connectivity index (χ0) is 28.6. The predicted molar refractivity (Wildman–Crippen MR) is 135 cm³/mol. The summed E-state index contributed by atoms with van der Waals surface area (Å²) in [5.41, 5.74) is 1.47. The van der Waals surface area contributed by atoms with Gasteiger partial charge in [0, 0.05) is 23.2 Å². The number of carbonyl (C=O) groups is 2. The van der Waals surface area contributed by atoms with Crippen molar-refractivity contribution in [3.63, 3.8) is 0 Å². The van der Waals surface area contributed by atoms with Gasteiger partial charge >= 0.3 is 6.18 Å². The molecule has 0 unspecified atom stereocenters. The summed E-state index contributed by atoms with van der Waals surface area (Å²) in [4.78, 5) is 31.6. The van der Waals surface area contributed by atoms with Crippen molar-refractivity contribution in [1.82, 2.24) is 40.3 Å². The molecule has 16 heteroatoms. The zero-order valence-corrected chi connectivity index (χ0v) is 22.1. The molecule has 1 aromatic carbocycles.